The van der Waals surface area contributed by atoms with Crippen LogP contribution in [0, 0.1) is 0 Å². The van der Waals surface area contributed by atoms with Gasteiger partial charge in [0.25, 0.3) is 5.56 Å². The van der Waals surface area contributed by atoms with Crippen LogP contribution in [0.3, 0.4) is 0 Å². The Kier molecular flexibility index (Phi) is 7.23. The molecule has 0 bridgehead atoms. The van der Waals surface area contributed by atoms with E-state index in [4.69, 9.17) is 9.05 Å². The standard InChI is InChI=1S/C12H20N3O6P/c1-3-20-22(19,21-4-2)8-6-13-11(17)9-15-7-5-10(16)14-12(15)18/h5,7H,3-4,6,8-9H2,1-2H3,(H,13,17)(H,14,16,18). The van der Waals surface area contributed by atoms with Crippen molar-refractivity contribution in [3.8, 4) is 0 Å². The Morgan fingerprint density at radius 3 is 2.50 bits per heavy atom. The maximum atomic E-state index is 12.2. The molecule has 0 aromatic carbocycles. The van der Waals surface area contributed by atoms with Gasteiger partial charge >= 0.3 is 13.3 Å². The number of nitrogens with zero attached hydrogens (tertiary/aromatic N) is 1. The lowest BCUT2D eigenvalue weighted by Gasteiger charge is -2.17. The monoisotopic (exact) mass is 333 g/mol. The largest absolute Gasteiger partial charge is 0.354 e. The van der Waals surface area contributed by atoms with Crippen molar-refractivity contribution in [3.63, 3.8) is 0 Å². The van der Waals surface area contributed by atoms with Crippen molar-refractivity contribution in [3.05, 3.63) is 33.1 Å². The summed E-state index contributed by atoms with van der Waals surface area (Å²) in [7, 11) is -3.20. The highest BCUT2D eigenvalue weighted by Gasteiger charge is 2.23. The predicted octanol–water partition coefficient (Wildman–Crippen LogP) is -0.0811. The molecular formula is C12H20N3O6P. The molecule has 0 aliphatic rings. The highest BCUT2D eigenvalue weighted by Crippen LogP contribution is 2.47. The number of carbonyl (C=O) groups is 1. The first-order valence-corrected chi connectivity index (χ1v) is 8.57. The summed E-state index contributed by atoms with van der Waals surface area (Å²) < 4.78 is 23.4. The molecule has 10 heteroatoms. The number of hydrogen-bond acceptors (Lipinski definition) is 6. The summed E-state index contributed by atoms with van der Waals surface area (Å²) in [5.41, 5.74) is -1.20. The fourth-order valence-electron chi connectivity index (χ4n) is 1.67. The van der Waals surface area contributed by atoms with Gasteiger partial charge in [0, 0.05) is 18.8 Å². The van der Waals surface area contributed by atoms with E-state index in [1.54, 1.807) is 13.8 Å². The van der Waals surface area contributed by atoms with Crippen LogP contribution in [0.1, 0.15) is 13.8 Å². The normalized spacial score (nSPS) is 11.4. The molecule has 22 heavy (non-hydrogen) atoms. The van der Waals surface area contributed by atoms with Gasteiger partial charge < -0.3 is 14.4 Å². The molecule has 0 saturated carbocycles. The fourth-order valence-corrected chi connectivity index (χ4v) is 3.18. The predicted molar refractivity (Wildman–Crippen MR) is 80.1 cm³/mol. The molecule has 1 heterocycles. The molecule has 2 N–H and O–H groups in total. The SMILES string of the molecule is CCOP(=O)(CCNC(=O)Cn1ccc(=O)[nH]c1=O)OCC. The van der Waals surface area contributed by atoms with Gasteiger partial charge in [0.15, 0.2) is 0 Å². The summed E-state index contributed by atoms with van der Waals surface area (Å²) in [6, 6.07) is 1.15. The summed E-state index contributed by atoms with van der Waals surface area (Å²) in [6.07, 6.45) is 1.27. The highest BCUT2D eigenvalue weighted by atomic mass is 31.2. The van der Waals surface area contributed by atoms with Gasteiger partial charge in [-0.05, 0) is 13.8 Å². The molecule has 1 aromatic heterocycles. The van der Waals surface area contributed by atoms with Crippen LogP contribution in [0.15, 0.2) is 21.9 Å². The molecule has 0 radical (unpaired) electrons. The van der Waals surface area contributed by atoms with Gasteiger partial charge in [-0.15, -0.1) is 0 Å². The number of amides is 1. The average Bonchev–Trinajstić information content (AvgIpc) is 2.42. The Balaban J connectivity index is 2.50. The van der Waals surface area contributed by atoms with E-state index in [-0.39, 0.29) is 32.5 Å². The van der Waals surface area contributed by atoms with Crippen LogP contribution < -0.4 is 16.6 Å². The lowest BCUT2D eigenvalue weighted by atomic mass is 10.5. The lowest BCUT2D eigenvalue weighted by molar-refractivity contribution is -0.121. The summed E-state index contributed by atoms with van der Waals surface area (Å²) >= 11 is 0. The van der Waals surface area contributed by atoms with Gasteiger partial charge in [-0.25, -0.2) is 4.79 Å². The van der Waals surface area contributed by atoms with E-state index in [9.17, 15) is 18.9 Å². The smallest absolute Gasteiger partial charge is 0.332 e. The van der Waals surface area contributed by atoms with Crippen molar-refractivity contribution in [1.82, 2.24) is 14.9 Å². The molecular weight excluding hydrogens is 313 g/mol. The topological polar surface area (TPSA) is 119 Å². The van der Waals surface area contributed by atoms with Gasteiger partial charge in [0.1, 0.15) is 6.54 Å². The number of aromatic amines is 1. The Morgan fingerprint density at radius 1 is 1.32 bits per heavy atom. The number of hydrogen-bond donors (Lipinski definition) is 2. The van der Waals surface area contributed by atoms with Crippen LogP contribution in [0.5, 0.6) is 0 Å². The zero-order valence-electron chi connectivity index (χ0n) is 12.5. The minimum Gasteiger partial charge on any atom is -0.354 e. The second-order valence-corrected chi connectivity index (χ2v) is 6.44. The molecule has 0 spiro atoms. The minimum atomic E-state index is -3.20. The van der Waals surface area contributed by atoms with Crippen LogP contribution in [0.4, 0.5) is 0 Å². The zero-order valence-corrected chi connectivity index (χ0v) is 13.4. The molecule has 124 valence electrons. The third-order valence-electron chi connectivity index (χ3n) is 2.57. The van der Waals surface area contributed by atoms with Crippen molar-refractivity contribution in [2.75, 3.05) is 25.9 Å². The second kappa shape index (κ2) is 8.67. The molecule has 1 rings (SSSR count). The first-order valence-electron chi connectivity index (χ1n) is 6.85. The Labute approximate surface area is 127 Å². The zero-order chi connectivity index (χ0) is 16.6. The van der Waals surface area contributed by atoms with Crippen LogP contribution in [-0.4, -0.2) is 41.4 Å². The summed E-state index contributed by atoms with van der Waals surface area (Å²) in [6.45, 7) is 3.74. The summed E-state index contributed by atoms with van der Waals surface area (Å²) in [5.74, 6) is -0.450. The molecule has 0 unspecified atom stereocenters. The van der Waals surface area contributed by atoms with Crippen LogP contribution in [-0.2, 0) is 25.0 Å². The highest BCUT2D eigenvalue weighted by molar-refractivity contribution is 7.53. The van der Waals surface area contributed by atoms with Crippen molar-refractivity contribution < 1.29 is 18.4 Å². The first kappa shape index (κ1) is 18.3. The maximum Gasteiger partial charge on any atom is 0.332 e. The third kappa shape index (κ3) is 5.97. The Hall–Kier alpha value is -1.70. The number of carbonyl (C=O) groups excluding carboxylic acids is 1. The van der Waals surface area contributed by atoms with Crippen LogP contribution in [0.25, 0.3) is 0 Å². The van der Waals surface area contributed by atoms with Crippen molar-refractivity contribution in [2.24, 2.45) is 0 Å². The molecule has 0 saturated heterocycles. The Bertz CT molecular complexity index is 643. The molecule has 1 aromatic rings. The number of nitrogens with one attached hydrogen (secondary N) is 2. The van der Waals surface area contributed by atoms with Crippen molar-refractivity contribution >= 4 is 13.5 Å². The van der Waals surface area contributed by atoms with Crippen LogP contribution >= 0.6 is 7.60 Å². The van der Waals surface area contributed by atoms with Crippen molar-refractivity contribution in [1.29, 1.82) is 0 Å². The second-order valence-electron chi connectivity index (χ2n) is 4.26. The number of H-pyrrole nitrogens is 1. The molecule has 1 amide bonds. The molecule has 0 atom stereocenters. The van der Waals surface area contributed by atoms with E-state index < -0.39 is 24.8 Å². The van der Waals surface area contributed by atoms with Gasteiger partial charge in [-0.1, -0.05) is 0 Å². The third-order valence-corrected chi connectivity index (χ3v) is 4.64. The van der Waals surface area contributed by atoms with Gasteiger partial charge in [0.2, 0.25) is 5.91 Å². The molecule has 0 aliphatic heterocycles. The van der Waals surface area contributed by atoms with E-state index in [0.717, 1.165) is 10.6 Å². The first-order chi connectivity index (χ1) is 10.4. The number of aromatic nitrogens is 2. The van der Waals surface area contributed by atoms with Gasteiger partial charge in [0.05, 0.1) is 19.4 Å². The van der Waals surface area contributed by atoms with E-state index in [2.05, 4.69) is 5.32 Å². The van der Waals surface area contributed by atoms with Crippen LogP contribution in [0.2, 0.25) is 0 Å². The average molecular weight is 333 g/mol. The van der Waals surface area contributed by atoms with E-state index >= 15 is 0 Å². The molecule has 0 fully saturated rings. The van der Waals surface area contributed by atoms with E-state index in [1.165, 1.54) is 6.20 Å². The van der Waals surface area contributed by atoms with E-state index in [0.29, 0.717) is 0 Å². The van der Waals surface area contributed by atoms with Gasteiger partial charge in [-0.3, -0.25) is 23.7 Å². The maximum absolute atomic E-state index is 12.2. The fraction of sp³-hybridized carbons (Fsp3) is 0.583. The quantitative estimate of drug-likeness (QED) is 0.610. The molecule has 0 aliphatic carbocycles. The minimum absolute atomic E-state index is 0.0426. The summed E-state index contributed by atoms with van der Waals surface area (Å²) in [5, 5.41) is 2.52. The van der Waals surface area contributed by atoms with Crippen molar-refractivity contribution in [2.45, 2.75) is 20.4 Å². The number of rotatable bonds is 9. The Morgan fingerprint density at radius 2 is 1.95 bits per heavy atom. The lowest BCUT2D eigenvalue weighted by Crippen LogP contribution is -2.36. The molecule has 9 nitrogen and oxygen atoms in total. The van der Waals surface area contributed by atoms with E-state index in [1.807, 2.05) is 4.98 Å². The van der Waals surface area contributed by atoms with Gasteiger partial charge in [-0.2, -0.15) is 0 Å². The summed E-state index contributed by atoms with van der Waals surface area (Å²) in [4.78, 5) is 36.1.